The highest BCUT2D eigenvalue weighted by Crippen LogP contribution is 2.15. The van der Waals surface area contributed by atoms with Crippen molar-refractivity contribution in [3.8, 4) is 0 Å². The Hall–Kier alpha value is -1.88. The molecule has 1 aliphatic heterocycles. The Balaban J connectivity index is 1.99. The van der Waals surface area contributed by atoms with Gasteiger partial charge in [-0.15, -0.1) is 0 Å². The first-order chi connectivity index (χ1) is 9.16. The van der Waals surface area contributed by atoms with E-state index in [4.69, 9.17) is 4.74 Å². The molecule has 5 heteroatoms. The smallest absolute Gasteiger partial charge is 0.253 e. The molecule has 1 heterocycles. The second kappa shape index (κ2) is 6.33. The first kappa shape index (κ1) is 13.5. The summed E-state index contributed by atoms with van der Waals surface area (Å²) in [5, 5.41) is 5.49. The third-order valence-corrected chi connectivity index (χ3v) is 3.00. The Morgan fingerprint density at radius 3 is 2.84 bits per heavy atom. The Kier molecular flexibility index (Phi) is 4.52. The number of ether oxygens (including phenoxy) is 1. The van der Waals surface area contributed by atoms with Crippen LogP contribution < -0.4 is 10.6 Å². The summed E-state index contributed by atoms with van der Waals surface area (Å²) >= 11 is 0. The number of carbonyl (C=O) groups excluding carboxylic acids is 2. The van der Waals surface area contributed by atoms with Crippen molar-refractivity contribution in [1.29, 1.82) is 0 Å². The molecule has 1 atom stereocenters. The number of nitrogens with one attached hydrogen (secondary N) is 2. The van der Waals surface area contributed by atoms with Crippen molar-refractivity contribution in [2.45, 2.75) is 25.9 Å². The Bertz CT molecular complexity index is 468. The summed E-state index contributed by atoms with van der Waals surface area (Å²) in [7, 11) is 0. The fourth-order valence-electron chi connectivity index (χ4n) is 2.09. The van der Waals surface area contributed by atoms with Gasteiger partial charge < -0.3 is 15.4 Å². The molecule has 2 amide bonds. The first-order valence-corrected chi connectivity index (χ1v) is 6.43. The maximum absolute atomic E-state index is 12.1. The SMILES string of the molecule is CC(=O)Nc1ccccc1C(=O)NCC1CCCO1. The molecule has 1 aromatic carbocycles. The van der Waals surface area contributed by atoms with E-state index in [1.54, 1.807) is 24.3 Å². The van der Waals surface area contributed by atoms with Gasteiger partial charge in [0.25, 0.3) is 5.91 Å². The van der Waals surface area contributed by atoms with Crippen LogP contribution in [0.5, 0.6) is 0 Å². The summed E-state index contributed by atoms with van der Waals surface area (Å²) in [6.45, 7) is 2.69. The normalized spacial score (nSPS) is 18.1. The van der Waals surface area contributed by atoms with Gasteiger partial charge in [-0.3, -0.25) is 9.59 Å². The summed E-state index contributed by atoms with van der Waals surface area (Å²) in [4.78, 5) is 23.2. The summed E-state index contributed by atoms with van der Waals surface area (Å²) in [5.41, 5.74) is 0.996. The van der Waals surface area contributed by atoms with Crippen molar-refractivity contribution >= 4 is 17.5 Å². The van der Waals surface area contributed by atoms with Crippen LogP contribution in [0.25, 0.3) is 0 Å². The summed E-state index contributed by atoms with van der Waals surface area (Å²) < 4.78 is 5.45. The maximum Gasteiger partial charge on any atom is 0.253 e. The number of benzene rings is 1. The van der Waals surface area contributed by atoms with Gasteiger partial charge in [0.05, 0.1) is 17.4 Å². The zero-order chi connectivity index (χ0) is 13.7. The standard InChI is InChI=1S/C14H18N2O3/c1-10(17)16-13-7-3-2-6-12(13)14(18)15-9-11-5-4-8-19-11/h2-3,6-7,11H,4-5,8-9H2,1H3,(H,15,18)(H,16,17). The number of hydrogen-bond acceptors (Lipinski definition) is 3. The van der Waals surface area contributed by atoms with E-state index in [2.05, 4.69) is 10.6 Å². The molecule has 0 spiro atoms. The van der Waals surface area contributed by atoms with Crippen LogP contribution in [0, 0.1) is 0 Å². The molecular formula is C14H18N2O3. The van der Waals surface area contributed by atoms with Crippen LogP contribution in [0.2, 0.25) is 0 Å². The van der Waals surface area contributed by atoms with Crippen molar-refractivity contribution in [3.05, 3.63) is 29.8 Å². The lowest BCUT2D eigenvalue weighted by Gasteiger charge is -2.13. The lowest BCUT2D eigenvalue weighted by atomic mass is 10.1. The molecule has 2 N–H and O–H groups in total. The van der Waals surface area contributed by atoms with Gasteiger partial charge in [0.1, 0.15) is 0 Å². The second-order valence-electron chi connectivity index (χ2n) is 4.57. The molecule has 2 rings (SSSR count). The van der Waals surface area contributed by atoms with Crippen LogP contribution >= 0.6 is 0 Å². The number of anilines is 1. The van der Waals surface area contributed by atoms with Gasteiger partial charge in [0.2, 0.25) is 5.91 Å². The Labute approximate surface area is 112 Å². The van der Waals surface area contributed by atoms with E-state index in [0.717, 1.165) is 19.4 Å². The molecule has 5 nitrogen and oxygen atoms in total. The molecule has 19 heavy (non-hydrogen) atoms. The van der Waals surface area contributed by atoms with Crippen LogP contribution in [0.3, 0.4) is 0 Å². The molecule has 1 aromatic rings. The predicted octanol–water partition coefficient (Wildman–Crippen LogP) is 1.55. The number of amides is 2. The predicted molar refractivity (Wildman–Crippen MR) is 72.1 cm³/mol. The molecular weight excluding hydrogens is 244 g/mol. The highest BCUT2D eigenvalue weighted by Gasteiger charge is 2.17. The van der Waals surface area contributed by atoms with Gasteiger partial charge in [-0.1, -0.05) is 12.1 Å². The summed E-state index contributed by atoms with van der Waals surface area (Å²) in [6.07, 6.45) is 2.13. The number of hydrogen-bond donors (Lipinski definition) is 2. The van der Waals surface area contributed by atoms with Crippen LogP contribution in [-0.4, -0.2) is 31.1 Å². The molecule has 0 bridgehead atoms. The highest BCUT2D eigenvalue weighted by atomic mass is 16.5. The van der Waals surface area contributed by atoms with Crippen molar-refractivity contribution < 1.29 is 14.3 Å². The third kappa shape index (κ3) is 3.79. The van der Waals surface area contributed by atoms with Gasteiger partial charge in [-0.05, 0) is 25.0 Å². The van der Waals surface area contributed by atoms with Gasteiger partial charge >= 0.3 is 0 Å². The number of para-hydroxylation sites is 1. The number of rotatable bonds is 4. The zero-order valence-corrected chi connectivity index (χ0v) is 10.9. The van der Waals surface area contributed by atoms with E-state index in [9.17, 15) is 9.59 Å². The molecule has 0 aliphatic carbocycles. The average molecular weight is 262 g/mol. The zero-order valence-electron chi connectivity index (χ0n) is 10.9. The lowest BCUT2D eigenvalue weighted by molar-refractivity contribution is -0.114. The van der Waals surface area contributed by atoms with Crippen LogP contribution in [0.4, 0.5) is 5.69 Å². The quantitative estimate of drug-likeness (QED) is 0.865. The van der Waals surface area contributed by atoms with Gasteiger partial charge in [0, 0.05) is 20.1 Å². The van der Waals surface area contributed by atoms with E-state index < -0.39 is 0 Å². The topological polar surface area (TPSA) is 67.4 Å². The lowest BCUT2D eigenvalue weighted by Crippen LogP contribution is -2.32. The minimum Gasteiger partial charge on any atom is -0.376 e. The molecule has 1 fully saturated rings. The summed E-state index contributed by atoms with van der Waals surface area (Å²) in [6, 6.07) is 6.95. The maximum atomic E-state index is 12.1. The second-order valence-corrected chi connectivity index (χ2v) is 4.57. The molecule has 102 valence electrons. The minimum absolute atomic E-state index is 0.108. The molecule has 0 radical (unpaired) electrons. The molecule has 0 aromatic heterocycles. The van der Waals surface area contributed by atoms with Crippen molar-refractivity contribution in [2.24, 2.45) is 0 Å². The molecule has 0 saturated carbocycles. The van der Waals surface area contributed by atoms with Crippen LogP contribution in [0.1, 0.15) is 30.1 Å². The highest BCUT2D eigenvalue weighted by molar-refractivity contribution is 6.03. The molecule has 1 unspecified atom stereocenters. The van der Waals surface area contributed by atoms with E-state index >= 15 is 0 Å². The van der Waals surface area contributed by atoms with E-state index in [0.29, 0.717) is 17.8 Å². The van der Waals surface area contributed by atoms with E-state index in [1.807, 2.05) is 0 Å². The van der Waals surface area contributed by atoms with E-state index in [1.165, 1.54) is 6.92 Å². The third-order valence-electron chi connectivity index (χ3n) is 3.00. The fraction of sp³-hybridized carbons (Fsp3) is 0.429. The van der Waals surface area contributed by atoms with Crippen LogP contribution in [-0.2, 0) is 9.53 Å². The average Bonchev–Trinajstić information content (AvgIpc) is 2.89. The largest absolute Gasteiger partial charge is 0.376 e. The van der Waals surface area contributed by atoms with Gasteiger partial charge in [-0.25, -0.2) is 0 Å². The summed E-state index contributed by atoms with van der Waals surface area (Å²) in [5.74, 6) is -0.390. The van der Waals surface area contributed by atoms with Crippen molar-refractivity contribution in [3.63, 3.8) is 0 Å². The number of carbonyl (C=O) groups is 2. The van der Waals surface area contributed by atoms with Crippen LogP contribution in [0.15, 0.2) is 24.3 Å². The van der Waals surface area contributed by atoms with Gasteiger partial charge in [0.15, 0.2) is 0 Å². The monoisotopic (exact) mass is 262 g/mol. The minimum atomic E-state index is -0.195. The Morgan fingerprint density at radius 2 is 2.16 bits per heavy atom. The van der Waals surface area contributed by atoms with E-state index in [-0.39, 0.29) is 17.9 Å². The molecule has 1 saturated heterocycles. The Morgan fingerprint density at radius 1 is 1.37 bits per heavy atom. The van der Waals surface area contributed by atoms with Crippen molar-refractivity contribution in [1.82, 2.24) is 5.32 Å². The van der Waals surface area contributed by atoms with Gasteiger partial charge in [-0.2, -0.15) is 0 Å². The fourth-order valence-corrected chi connectivity index (χ4v) is 2.09. The van der Waals surface area contributed by atoms with Crippen molar-refractivity contribution in [2.75, 3.05) is 18.5 Å². The molecule has 1 aliphatic rings. The first-order valence-electron chi connectivity index (χ1n) is 6.43.